The summed E-state index contributed by atoms with van der Waals surface area (Å²) in [6.45, 7) is 5.89. The number of thiocarbonyl (C=S) groups is 2. The van der Waals surface area contributed by atoms with Crippen LogP contribution in [0.3, 0.4) is 0 Å². The van der Waals surface area contributed by atoms with Crippen molar-refractivity contribution in [2.45, 2.75) is 81.7 Å². The first-order valence-electron chi connectivity index (χ1n) is 12.1. The molecule has 0 aliphatic carbocycles. The maximum absolute atomic E-state index is 14.4. The Morgan fingerprint density at radius 3 is 1.48 bits per heavy atom. The fraction of sp³-hybridized carbons (Fsp3) is 0.481. The lowest BCUT2D eigenvalue weighted by atomic mass is 9.76. The smallest absolute Gasteiger partial charge is 0.278 e. The van der Waals surface area contributed by atoms with Crippen LogP contribution in [0.1, 0.15) is 57.2 Å². The van der Waals surface area contributed by atoms with Gasteiger partial charge in [0.15, 0.2) is 11.3 Å². The average molecular weight is 612 g/mol. The van der Waals surface area contributed by atoms with Crippen LogP contribution in [0.4, 0.5) is 40.8 Å². The second-order valence-electron chi connectivity index (χ2n) is 11.0. The van der Waals surface area contributed by atoms with Crippen molar-refractivity contribution in [3.63, 3.8) is 0 Å². The summed E-state index contributed by atoms with van der Waals surface area (Å²) in [6.07, 6.45) is -2.19. The van der Waals surface area contributed by atoms with Crippen LogP contribution in [-0.2, 0) is 11.1 Å². The monoisotopic (exact) mass is 611 g/mol. The zero-order chi connectivity index (χ0) is 30.7. The Labute approximate surface area is 237 Å². The number of rotatable bonds is 2. The predicted molar refractivity (Wildman–Crippen MR) is 146 cm³/mol. The number of anilines is 1. The summed E-state index contributed by atoms with van der Waals surface area (Å²) in [6, 6.07) is 7.32. The average Bonchev–Trinajstić information content (AvgIpc) is 2.79. The van der Waals surface area contributed by atoms with Crippen molar-refractivity contribution < 1.29 is 35.1 Å². The Morgan fingerprint density at radius 2 is 1.05 bits per heavy atom. The number of nitrogens with two attached hydrogens (primary N) is 1. The van der Waals surface area contributed by atoms with Crippen molar-refractivity contribution in [3.05, 3.63) is 64.7 Å². The van der Waals surface area contributed by atoms with E-state index < -0.39 is 58.7 Å². The topological polar surface area (TPSA) is 50.1 Å². The van der Waals surface area contributed by atoms with Gasteiger partial charge in [-0.3, -0.25) is 0 Å². The zero-order valence-electron chi connectivity index (χ0n) is 22.3. The van der Waals surface area contributed by atoms with Crippen molar-refractivity contribution in [2.24, 2.45) is 0 Å². The number of hydrogen-bond acceptors (Lipinski definition) is 3. The highest BCUT2D eigenvalue weighted by Gasteiger charge is 2.62. The van der Waals surface area contributed by atoms with Crippen molar-refractivity contribution in [1.82, 2.24) is 10.6 Å². The molecule has 0 bridgehead atoms. The third kappa shape index (κ3) is 5.50. The predicted octanol–water partition coefficient (Wildman–Crippen LogP) is 7.34. The van der Waals surface area contributed by atoms with Gasteiger partial charge >= 0.3 is 0 Å². The van der Waals surface area contributed by atoms with E-state index in [1.165, 1.54) is 18.2 Å². The molecule has 4 atom stereocenters. The fourth-order valence-corrected chi connectivity index (χ4v) is 5.28. The van der Waals surface area contributed by atoms with E-state index in [4.69, 9.17) is 30.2 Å². The molecule has 2 fully saturated rings. The van der Waals surface area contributed by atoms with E-state index >= 15 is 0 Å². The highest BCUT2D eigenvalue weighted by atomic mass is 32.1. The molecule has 13 heteroatoms. The molecule has 40 heavy (non-hydrogen) atoms. The van der Waals surface area contributed by atoms with Gasteiger partial charge in [-0.2, -0.15) is 0 Å². The van der Waals surface area contributed by atoms with Crippen molar-refractivity contribution in [1.29, 1.82) is 0 Å². The number of nitrogen functional groups attached to an aromatic ring is 1. The summed E-state index contributed by atoms with van der Waals surface area (Å²) in [4.78, 5) is -0.695. The van der Waals surface area contributed by atoms with Crippen LogP contribution in [0.2, 0.25) is 0 Å². The van der Waals surface area contributed by atoms with Gasteiger partial charge in [0.05, 0.1) is 12.8 Å². The Balaban J connectivity index is 0.000000220. The van der Waals surface area contributed by atoms with Crippen LogP contribution >= 0.6 is 24.4 Å². The normalized spacial score (nSPS) is 32.8. The number of piperidine rings is 2. The van der Waals surface area contributed by atoms with E-state index in [0.29, 0.717) is 5.56 Å². The standard InChI is InChI=1S/C14H15F4NS.C13H14F4N2S/c1-8-4-5-10(15)9(6-8)13(3)14(17,18)7-12(2,16)11(20)19-13;1-11(15)6-13(16,17)12(2,19-10(11)20)8-5-7(18)3-4-9(8)14/h4-6H,7H2,1-3H3,(H,19,20);3-5H,6,18H2,1-2H3,(H,19,20)/t12-,13-;11-,12-/m11/s1. The first kappa shape index (κ1) is 32.0. The van der Waals surface area contributed by atoms with Crippen LogP contribution in [0, 0.1) is 18.6 Å². The molecule has 4 N–H and O–H groups in total. The lowest BCUT2D eigenvalue weighted by Crippen LogP contribution is -2.66. The van der Waals surface area contributed by atoms with Gasteiger partial charge in [0.2, 0.25) is 0 Å². The van der Waals surface area contributed by atoms with E-state index in [1.54, 1.807) is 6.92 Å². The summed E-state index contributed by atoms with van der Waals surface area (Å²) in [5.41, 5.74) is -3.09. The highest BCUT2D eigenvalue weighted by molar-refractivity contribution is 7.80. The number of hydrogen-bond donors (Lipinski definition) is 3. The van der Waals surface area contributed by atoms with E-state index in [2.05, 4.69) is 10.6 Å². The van der Waals surface area contributed by atoms with E-state index in [-0.39, 0.29) is 26.8 Å². The van der Waals surface area contributed by atoms with Gasteiger partial charge < -0.3 is 16.4 Å². The van der Waals surface area contributed by atoms with Gasteiger partial charge in [-0.05, 0) is 58.9 Å². The number of alkyl halides is 6. The summed E-state index contributed by atoms with van der Waals surface area (Å²) >= 11 is 9.62. The Bertz CT molecular complexity index is 1250. The van der Waals surface area contributed by atoms with Gasteiger partial charge in [0.25, 0.3) is 11.8 Å². The van der Waals surface area contributed by atoms with Crippen molar-refractivity contribution in [3.8, 4) is 0 Å². The molecule has 4 rings (SSSR count). The summed E-state index contributed by atoms with van der Waals surface area (Å²) in [5, 5.41) is 4.59. The minimum absolute atomic E-state index is 0.139. The minimum atomic E-state index is -3.53. The largest absolute Gasteiger partial charge is 0.399 e. The second kappa shape index (κ2) is 10.1. The molecular formula is C27H29F8N3S2. The maximum Gasteiger partial charge on any atom is 0.278 e. The molecule has 0 unspecified atom stereocenters. The molecule has 2 heterocycles. The fourth-order valence-electron chi connectivity index (χ4n) is 4.72. The van der Waals surface area contributed by atoms with Crippen LogP contribution in [0.25, 0.3) is 0 Å². The Kier molecular flexibility index (Phi) is 8.05. The van der Waals surface area contributed by atoms with Crippen LogP contribution in [0.15, 0.2) is 36.4 Å². The quantitative estimate of drug-likeness (QED) is 0.189. The minimum Gasteiger partial charge on any atom is -0.399 e. The van der Waals surface area contributed by atoms with Crippen LogP contribution < -0.4 is 16.4 Å². The zero-order valence-corrected chi connectivity index (χ0v) is 23.9. The molecular weight excluding hydrogens is 582 g/mol. The molecule has 3 nitrogen and oxygen atoms in total. The van der Waals surface area contributed by atoms with Crippen molar-refractivity contribution in [2.75, 3.05) is 5.73 Å². The third-order valence-electron chi connectivity index (χ3n) is 7.43. The van der Waals surface area contributed by atoms with Crippen LogP contribution in [0.5, 0.6) is 0 Å². The summed E-state index contributed by atoms with van der Waals surface area (Å²) in [5.74, 6) is -8.63. The summed E-state index contributed by atoms with van der Waals surface area (Å²) in [7, 11) is 0. The molecule has 0 radical (unpaired) electrons. The molecule has 2 aliphatic heterocycles. The first-order chi connectivity index (χ1) is 18.0. The summed E-state index contributed by atoms with van der Waals surface area (Å²) < 4.78 is 113. The third-order valence-corrected chi connectivity index (χ3v) is 8.49. The van der Waals surface area contributed by atoms with E-state index in [0.717, 1.165) is 45.9 Å². The van der Waals surface area contributed by atoms with Crippen LogP contribution in [-0.4, -0.2) is 33.2 Å². The second-order valence-corrected chi connectivity index (χ2v) is 11.9. The number of halogens is 8. The SMILES string of the molecule is C[C@@]1(F)CC(F)(F)[C@@](C)(c2cc(N)ccc2F)NC1=S.Cc1ccc(F)c([C@@]2(C)NC(=S)[C@](C)(F)CC2(F)F)c1. The van der Waals surface area contributed by atoms with Gasteiger partial charge in [0.1, 0.15) is 32.7 Å². The molecule has 0 saturated carbocycles. The van der Waals surface area contributed by atoms with Gasteiger partial charge in [-0.1, -0.05) is 42.1 Å². The van der Waals surface area contributed by atoms with Gasteiger partial charge in [0, 0.05) is 16.8 Å². The highest BCUT2D eigenvalue weighted by Crippen LogP contribution is 2.49. The molecule has 2 saturated heterocycles. The van der Waals surface area contributed by atoms with Gasteiger partial charge in [-0.25, -0.2) is 35.1 Å². The van der Waals surface area contributed by atoms with Gasteiger partial charge in [-0.15, -0.1) is 0 Å². The maximum atomic E-state index is 14.4. The first-order valence-corrected chi connectivity index (χ1v) is 12.9. The molecule has 2 aromatic rings. The van der Waals surface area contributed by atoms with E-state index in [9.17, 15) is 35.1 Å². The molecule has 2 aromatic carbocycles. The molecule has 0 amide bonds. The number of aryl methyl sites for hydroxylation is 1. The lowest BCUT2D eigenvalue weighted by molar-refractivity contribution is -0.120. The van der Waals surface area contributed by atoms with E-state index in [1.807, 2.05) is 0 Å². The molecule has 0 spiro atoms. The lowest BCUT2D eigenvalue weighted by Gasteiger charge is -2.47. The molecule has 0 aromatic heterocycles. The Morgan fingerprint density at radius 1 is 0.675 bits per heavy atom. The van der Waals surface area contributed by atoms with Crippen molar-refractivity contribution >= 4 is 40.1 Å². The molecule has 220 valence electrons. The molecule has 2 aliphatic rings. The Hall–Kier alpha value is -2.54. The number of nitrogens with one attached hydrogen (secondary N) is 2. The number of benzene rings is 2.